The highest BCUT2D eigenvalue weighted by Crippen LogP contribution is 2.27. The van der Waals surface area contributed by atoms with Gasteiger partial charge in [-0.05, 0) is 29.8 Å². The van der Waals surface area contributed by atoms with Crippen molar-refractivity contribution in [2.24, 2.45) is 0 Å². The molecule has 0 spiro atoms. The van der Waals surface area contributed by atoms with Crippen molar-refractivity contribution >= 4 is 5.97 Å². The van der Waals surface area contributed by atoms with Gasteiger partial charge in [0, 0.05) is 14.2 Å². The Morgan fingerprint density at radius 2 is 1.71 bits per heavy atom. The smallest absolute Gasteiger partial charge is 0.338 e. The number of esters is 1. The van der Waals surface area contributed by atoms with Crippen LogP contribution in [-0.4, -0.2) is 74.1 Å². The van der Waals surface area contributed by atoms with E-state index in [0.29, 0.717) is 12.4 Å². The first kappa shape index (κ1) is 23.2. The summed E-state index contributed by atoms with van der Waals surface area (Å²) >= 11 is 0. The lowest BCUT2D eigenvalue weighted by Crippen LogP contribution is -2.61. The van der Waals surface area contributed by atoms with E-state index < -0.39 is 43.1 Å². The number of aliphatic hydroxyl groups excluding tert-OH is 2. The fraction of sp³-hybridized carbons (Fsp3) is 0.435. The minimum Gasteiger partial charge on any atom is -0.489 e. The van der Waals surface area contributed by atoms with E-state index in [-0.39, 0.29) is 12.2 Å². The maximum Gasteiger partial charge on any atom is 0.338 e. The van der Waals surface area contributed by atoms with Crippen LogP contribution in [0.3, 0.4) is 0 Å². The Kier molecular flexibility index (Phi) is 8.39. The molecule has 1 saturated heterocycles. The molecule has 8 nitrogen and oxygen atoms in total. The van der Waals surface area contributed by atoms with Gasteiger partial charge in [0.25, 0.3) is 0 Å². The Morgan fingerprint density at radius 3 is 2.32 bits per heavy atom. The van der Waals surface area contributed by atoms with Crippen molar-refractivity contribution < 1.29 is 38.7 Å². The SMILES string of the molecule is COCC1O[C@H](CO)[C@@H](OC(=O)c2ccc(OCc3ccccc3)cc2)[C@H](O)[C@H]1OC. The molecule has 3 rings (SSSR count). The van der Waals surface area contributed by atoms with Crippen LogP contribution < -0.4 is 4.74 Å². The lowest BCUT2D eigenvalue weighted by molar-refractivity contribution is -0.243. The fourth-order valence-corrected chi connectivity index (χ4v) is 3.51. The molecule has 0 radical (unpaired) electrons. The summed E-state index contributed by atoms with van der Waals surface area (Å²) in [7, 11) is 2.92. The van der Waals surface area contributed by atoms with Gasteiger partial charge < -0.3 is 33.9 Å². The van der Waals surface area contributed by atoms with Crippen molar-refractivity contribution in [2.75, 3.05) is 27.4 Å². The normalized spacial score (nSPS) is 25.7. The zero-order chi connectivity index (χ0) is 22.2. The lowest BCUT2D eigenvalue weighted by atomic mass is 9.95. The molecule has 2 aromatic rings. The molecule has 0 aromatic heterocycles. The van der Waals surface area contributed by atoms with Gasteiger partial charge in [-0.2, -0.15) is 0 Å². The van der Waals surface area contributed by atoms with Crippen molar-refractivity contribution in [1.82, 2.24) is 0 Å². The number of hydrogen-bond acceptors (Lipinski definition) is 8. The van der Waals surface area contributed by atoms with Gasteiger partial charge in [0.15, 0.2) is 6.10 Å². The number of methoxy groups -OCH3 is 2. The van der Waals surface area contributed by atoms with E-state index in [1.807, 2.05) is 30.3 Å². The molecule has 0 saturated carbocycles. The largest absolute Gasteiger partial charge is 0.489 e. The topological polar surface area (TPSA) is 104 Å². The highest BCUT2D eigenvalue weighted by Gasteiger charge is 2.47. The van der Waals surface area contributed by atoms with Crippen LogP contribution in [-0.2, 0) is 25.6 Å². The predicted molar refractivity (Wildman–Crippen MR) is 111 cm³/mol. The third-order valence-electron chi connectivity index (χ3n) is 5.12. The first-order valence-electron chi connectivity index (χ1n) is 10.0. The standard InChI is InChI=1S/C23H28O8/c1-27-14-19-21(28-2)20(25)22(18(12-24)30-19)31-23(26)16-8-10-17(11-9-16)29-13-15-6-4-3-5-7-15/h3-11,18-22,24-25H,12-14H2,1-2H3/t18-,19?,20-,21+,22-/m1/s1. The van der Waals surface area contributed by atoms with Crippen molar-refractivity contribution in [3.8, 4) is 5.75 Å². The molecular formula is C23H28O8. The molecule has 1 unspecified atom stereocenters. The molecule has 0 amide bonds. The van der Waals surface area contributed by atoms with Crippen LogP contribution in [0.25, 0.3) is 0 Å². The van der Waals surface area contributed by atoms with Crippen LogP contribution in [0.15, 0.2) is 54.6 Å². The summed E-state index contributed by atoms with van der Waals surface area (Å²) in [6.07, 6.45) is -4.55. The van der Waals surface area contributed by atoms with Crippen molar-refractivity contribution in [3.05, 3.63) is 65.7 Å². The number of aliphatic hydroxyl groups is 2. The third kappa shape index (κ3) is 5.81. The second-order valence-corrected chi connectivity index (χ2v) is 7.21. The van der Waals surface area contributed by atoms with E-state index in [1.54, 1.807) is 24.3 Å². The maximum absolute atomic E-state index is 12.6. The summed E-state index contributed by atoms with van der Waals surface area (Å²) in [5.74, 6) is -0.0442. The second kappa shape index (κ2) is 11.2. The summed E-state index contributed by atoms with van der Waals surface area (Å²) in [5, 5.41) is 20.3. The Labute approximate surface area is 181 Å². The van der Waals surface area contributed by atoms with E-state index in [9.17, 15) is 15.0 Å². The minimum absolute atomic E-state index is 0.164. The summed E-state index contributed by atoms with van der Waals surface area (Å²) < 4.78 is 27.3. The molecule has 8 heteroatoms. The van der Waals surface area contributed by atoms with Crippen LogP contribution in [0, 0.1) is 0 Å². The van der Waals surface area contributed by atoms with Gasteiger partial charge in [-0.15, -0.1) is 0 Å². The third-order valence-corrected chi connectivity index (χ3v) is 5.12. The monoisotopic (exact) mass is 432 g/mol. The molecule has 0 bridgehead atoms. The first-order valence-corrected chi connectivity index (χ1v) is 10.0. The molecule has 1 heterocycles. The molecule has 5 atom stereocenters. The number of rotatable bonds is 9. The number of ether oxygens (including phenoxy) is 5. The number of benzene rings is 2. The molecule has 1 fully saturated rings. The van der Waals surface area contributed by atoms with Gasteiger partial charge in [-0.3, -0.25) is 0 Å². The fourth-order valence-electron chi connectivity index (χ4n) is 3.51. The zero-order valence-electron chi connectivity index (χ0n) is 17.5. The van der Waals surface area contributed by atoms with Crippen LogP contribution >= 0.6 is 0 Å². The average Bonchev–Trinajstić information content (AvgIpc) is 2.80. The average molecular weight is 432 g/mol. The predicted octanol–water partition coefficient (Wildman–Crippen LogP) is 1.57. The van der Waals surface area contributed by atoms with E-state index in [1.165, 1.54) is 14.2 Å². The summed E-state index contributed by atoms with van der Waals surface area (Å²) in [5.41, 5.74) is 1.32. The molecule has 1 aliphatic heterocycles. The number of carbonyl (C=O) groups is 1. The highest BCUT2D eigenvalue weighted by molar-refractivity contribution is 5.89. The molecule has 31 heavy (non-hydrogen) atoms. The van der Waals surface area contributed by atoms with Crippen LogP contribution in [0.2, 0.25) is 0 Å². The molecule has 168 valence electrons. The summed E-state index contributed by atoms with van der Waals surface area (Å²) in [4.78, 5) is 12.6. The van der Waals surface area contributed by atoms with Gasteiger partial charge >= 0.3 is 5.97 Å². The van der Waals surface area contributed by atoms with E-state index in [0.717, 1.165) is 5.56 Å². The number of carbonyl (C=O) groups excluding carboxylic acids is 1. The molecule has 1 aliphatic rings. The summed E-state index contributed by atoms with van der Waals surface area (Å²) in [6, 6.07) is 16.2. The van der Waals surface area contributed by atoms with Crippen LogP contribution in [0.4, 0.5) is 0 Å². The van der Waals surface area contributed by atoms with Crippen molar-refractivity contribution in [2.45, 2.75) is 37.1 Å². The van der Waals surface area contributed by atoms with E-state index in [4.69, 9.17) is 23.7 Å². The lowest BCUT2D eigenvalue weighted by Gasteiger charge is -2.42. The van der Waals surface area contributed by atoms with Crippen molar-refractivity contribution in [3.63, 3.8) is 0 Å². The Morgan fingerprint density at radius 1 is 1.00 bits per heavy atom. The van der Waals surface area contributed by atoms with Gasteiger partial charge in [-0.1, -0.05) is 30.3 Å². The molecule has 0 aliphatic carbocycles. The molecular weight excluding hydrogens is 404 g/mol. The Balaban J connectivity index is 1.62. The summed E-state index contributed by atoms with van der Waals surface area (Å²) in [6.45, 7) is 0.143. The van der Waals surface area contributed by atoms with E-state index in [2.05, 4.69) is 0 Å². The minimum atomic E-state index is -1.19. The van der Waals surface area contributed by atoms with Crippen LogP contribution in [0.1, 0.15) is 15.9 Å². The van der Waals surface area contributed by atoms with Gasteiger partial charge in [0.2, 0.25) is 0 Å². The molecule has 2 N–H and O–H groups in total. The highest BCUT2D eigenvalue weighted by atomic mass is 16.6. The van der Waals surface area contributed by atoms with Gasteiger partial charge in [0.05, 0.1) is 18.8 Å². The first-order chi connectivity index (χ1) is 15.1. The van der Waals surface area contributed by atoms with E-state index >= 15 is 0 Å². The Bertz CT molecular complexity index is 810. The zero-order valence-corrected chi connectivity index (χ0v) is 17.5. The quantitative estimate of drug-likeness (QED) is 0.576. The molecule has 2 aromatic carbocycles. The van der Waals surface area contributed by atoms with Crippen molar-refractivity contribution in [1.29, 1.82) is 0 Å². The van der Waals surface area contributed by atoms with Gasteiger partial charge in [0.1, 0.15) is 36.8 Å². The Hall–Kier alpha value is -2.49. The maximum atomic E-state index is 12.6. The number of hydrogen-bond donors (Lipinski definition) is 2. The van der Waals surface area contributed by atoms with Gasteiger partial charge in [-0.25, -0.2) is 4.79 Å². The second-order valence-electron chi connectivity index (χ2n) is 7.21. The van der Waals surface area contributed by atoms with Crippen LogP contribution in [0.5, 0.6) is 5.75 Å².